The van der Waals surface area contributed by atoms with Crippen molar-refractivity contribution in [3.63, 3.8) is 0 Å². The van der Waals surface area contributed by atoms with Crippen molar-refractivity contribution in [2.45, 2.75) is 32.2 Å². The summed E-state index contributed by atoms with van der Waals surface area (Å²) in [6, 6.07) is 0.437. The van der Waals surface area contributed by atoms with Crippen molar-refractivity contribution in [1.29, 1.82) is 0 Å². The predicted octanol–water partition coefficient (Wildman–Crippen LogP) is 5.04. The van der Waals surface area contributed by atoms with Gasteiger partial charge in [0, 0.05) is 6.04 Å². The molecule has 0 spiro atoms. The average Bonchev–Trinajstić information content (AvgIpc) is 3.01. The van der Waals surface area contributed by atoms with Crippen LogP contribution in [0.25, 0.3) is 0 Å². The standard InChI is InChI=1S/C20H27N/c1-6-11-17(8-3)19(9-4)18(12-7-2)15-16(5)20-13-10-14-21-20/h6-9,11-12,20-21H,1,3-5,10,13-15H2,2H3/b12-7-,17-11+,19-18-. The summed E-state index contributed by atoms with van der Waals surface area (Å²) in [5.41, 5.74) is 4.60. The van der Waals surface area contributed by atoms with Gasteiger partial charge in [0.25, 0.3) is 0 Å². The van der Waals surface area contributed by atoms with E-state index in [-0.39, 0.29) is 0 Å². The molecule has 21 heavy (non-hydrogen) atoms. The summed E-state index contributed by atoms with van der Waals surface area (Å²) in [6.07, 6.45) is 14.9. The maximum absolute atomic E-state index is 4.28. The highest BCUT2D eigenvalue weighted by molar-refractivity contribution is 5.53. The third kappa shape index (κ3) is 4.87. The van der Waals surface area contributed by atoms with Crippen LogP contribution in [0.2, 0.25) is 0 Å². The van der Waals surface area contributed by atoms with Crippen LogP contribution in [0.3, 0.4) is 0 Å². The molecule has 1 saturated heterocycles. The monoisotopic (exact) mass is 281 g/mol. The van der Waals surface area contributed by atoms with Crippen molar-refractivity contribution in [3.8, 4) is 0 Å². The van der Waals surface area contributed by atoms with Crippen LogP contribution in [-0.2, 0) is 0 Å². The first-order valence-electron chi connectivity index (χ1n) is 7.52. The topological polar surface area (TPSA) is 12.0 Å². The van der Waals surface area contributed by atoms with Gasteiger partial charge in [-0.05, 0) is 49.5 Å². The molecule has 0 bridgehead atoms. The van der Waals surface area contributed by atoms with Gasteiger partial charge in [-0.1, -0.05) is 68.3 Å². The fourth-order valence-electron chi connectivity index (χ4n) is 2.68. The van der Waals surface area contributed by atoms with Gasteiger partial charge in [0.05, 0.1) is 0 Å². The van der Waals surface area contributed by atoms with Crippen molar-refractivity contribution < 1.29 is 0 Å². The Hall–Kier alpha value is -1.86. The lowest BCUT2D eigenvalue weighted by atomic mass is 9.91. The molecule has 0 saturated carbocycles. The van der Waals surface area contributed by atoms with Crippen molar-refractivity contribution in [2.75, 3.05) is 6.54 Å². The molecule has 1 aliphatic rings. The highest BCUT2D eigenvalue weighted by Crippen LogP contribution is 2.26. The van der Waals surface area contributed by atoms with Crippen LogP contribution in [0.15, 0.2) is 85.1 Å². The summed E-state index contributed by atoms with van der Waals surface area (Å²) >= 11 is 0. The zero-order valence-corrected chi connectivity index (χ0v) is 13.2. The molecule has 1 aliphatic heterocycles. The Balaban J connectivity index is 3.10. The molecular weight excluding hydrogens is 254 g/mol. The Kier molecular flexibility index (Phi) is 7.49. The van der Waals surface area contributed by atoms with Gasteiger partial charge in [-0.25, -0.2) is 0 Å². The first-order valence-corrected chi connectivity index (χ1v) is 7.52. The molecule has 1 unspecified atom stereocenters. The van der Waals surface area contributed by atoms with Gasteiger partial charge in [-0.2, -0.15) is 0 Å². The highest BCUT2D eigenvalue weighted by atomic mass is 14.9. The number of rotatable bonds is 8. The molecule has 1 atom stereocenters. The fraction of sp³-hybridized carbons (Fsp3) is 0.300. The summed E-state index contributed by atoms with van der Waals surface area (Å²) < 4.78 is 0. The molecule has 1 nitrogen and oxygen atoms in total. The number of allylic oxidation sites excluding steroid dienone is 9. The SMILES string of the molecule is C=C/C=C(C=C)/C(C=C)=C(/C=C\C)CC(=C)C1CCCN1. The van der Waals surface area contributed by atoms with E-state index in [4.69, 9.17) is 0 Å². The van der Waals surface area contributed by atoms with Crippen LogP contribution in [0.1, 0.15) is 26.2 Å². The number of nitrogens with one attached hydrogen (secondary N) is 1. The van der Waals surface area contributed by atoms with Gasteiger partial charge < -0.3 is 5.32 Å². The Bertz CT molecular complexity index is 494. The van der Waals surface area contributed by atoms with Crippen LogP contribution in [0.5, 0.6) is 0 Å². The van der Waals surface area contributed by atoms with Gasteiger partial charge >= 0.3 is 0 Å². The molecule has 1 heteroatoms. The van der Waals surface area contributed by atoms with E-state index < -0.39 is 0 Å². The molecule has 0 aromatic rings. The van der Waals surface area contributed by atoms with E-state index in [0.29, 0.717) is 6.04 Å². The maximum Gasteiger partial charge on any atom is 0.0280 e. The molecular formula is C20H27N. The van der Waals surface area contributed by atoms with E-state index in [1.807, 2.05) is 25.2 Å². The number of hydrogen-bond acceptors (Lipinski definition) is 1. The molecule has 0 aliphatic carbocycles. The molecule has 1 rings (SSSR count). The first-order chi connectivity index (χ1) is 10.2. The molecule has 1 fully saturated rings. The second-order valence-corrected chi connectivity index (χ2v) is 5.19. The molecule has 1 N–H and O–H groups in total. The van der Waals surface area contributed by atoms with Crippen molar-refractivity contribution in [2.24, 2.45) is 0 Å². The van der Waals surface area contributed by atoms with Crippen molar-refractivity contribution in [3.05, 3.63) is 85.1 Å². The van der Waals surface area contributed by atoms with E-state index in [1.165, 1.54) is 24.0 Å². The van der Waals surface area contributed by atoms with E-state index in [1.54, 1.807) is 6.08 Å². The van der Waals surface area contributed by atoms with Crippen molar-refractivity contribution >= 4 is 0 Å². The fourth-order valence-corrected chi connectivity index (χ4v) is 2.68. The normalized spacial score (nSPS) is 20.2. The van der Waals surface area contributed by atoms with Crippen LogP contribution in [-0.4, -0.2) is 12.6 Å². The minimum atomic E-state index is 0.437. The molecule has 0 radical (unpaired) electrons. The second-order valence-electron chi connectivity index (χ2n) is 5.19. The van der Waals surface area contributed by atoms with Crippen LogP contribution < -0.4 is 5.32 Å². The molecule has 1 heterocycles. The molecule has 0 aromatic carbocycles. The molecule has 0 aromatic heterocycles. The van der Waals surface area contributed by atoms with Gasteiger partial charge in [-0.15, -0.1) is 0 Å². The first kappa shape index (κ1) is 17.2. The lowest BCUT2D eigenvalue weighted by molar-refractivity contribution is 0.676. The van der Waals surface area contributed by atoms with Gasteiger partial charge in [0.1, 0.15) is 0 Å². The number of hydrogen-bond donors (Lipinski definition) is 1. The third-order valence-corrected chi connectivity index (χ3v) is 3.72. The highest BCUT2D eigenvalue weighted by Gasteiger charge is 2.18. The van der Waals surface area contributed by atoms with Crippen molar-refractivity contribution in [1.82, 2.24) is 5.32 Å². The lowest BCUT2D eigenvalue weighted by Crippen LogP contribution is -2.23. The minimum absolute atomic E-state index is 0.437. The second kappa shape index (κ2) is 9.15. The minimum Gasteiger partial charge on any atom is -0.310 e. The predicted molar refractivity (Wildman–Crippen MR) is 95.3 cm³/mol. The quantitative estimate of drug-likeness (QED) is 0.485. The van der Waals surface area contributed by atoms with E-state index in [9.17, 15) is 0 Å². The van der Waals surface area contributed by atoms with Crippen LogP contribution in [0, 0.1) is 0 Å². The Morgan fingerprint density at radius 1 is 1.24 bits per heavy atom. The largest absolute Gasteiger partial charge is 0.310 e. The van der Waals surface area contributed by atoms with E-state index >= 15 is 0 Å². The lowest BCUT2D eigenvalue weighted by Gasteiger charge is -2.17. The Morgan fingerprint density at radius 2 is 2.00 bits per heavy atom. The van der Waals surface area contributed by atoms with E-state index in [0.717, 1.165) is 24.1 Å². The molecule has 112 valence electrons. The van der Waals surface area contributed by atoms with E-state index in [2.05, 4.69) is 43.8 Å². The zero-order valence-electron chi connectivity index (χ0n) is 13.2. The van der Waals surface area contributed by atoms with Gasteiger partial charge in [0.15, 0.2) is 0 Å². The van der Waals surface area contributed by atoms with Crippen LogP contribution >= 0.6 is 0 Å². The smallest absolute Gasteiger partial charge is 0.0280 e. The van der Waals surface area contributed by atoms with Crippen LogP contribution in [0.4, 0.5) is 0 Å². The summed E-state index contributed by atoms with van der Waals surface area (Å²) in [4.78, 5) is 0. The average molecular weight is 281 g/mol. The zero-order chi connectivity index (χ0) is 15.7. The maximum atomic E-state index is 4.28. The Labute approximate surface area is 129 Å². The third-order valence-electron chi connectivity index (χ3n) is 3.72. The summed E-state index contributed by atoms with van der Waals surface area (Å²) in [5.74, 6) is 0. The van der Waals surface area contributed by atoms with Gasteiger partial charge in [-0.3, -0.25) is 0 Å². The van der Waals surface area contributed by atoms with Gasteiger partial charge in [0.2, 0.25) is 0 Å². The summed E-state index contributed by atoms with van der Waals surface area (Å²) in [7, 11) is 0. The Morgan fingerprint density at radius 3 is 2.48 bits per heavy atom. The summed E-state index contributed by atoms with van der Waals surface area (Å²) in [6.45, 7) is 19.0. The molecule has 0 amide bonds. The summed E-state index contributed by atoms with van der Waals surface area (Å²) in [5, 5.41) is 3.51.